The van der Waals surface area contributed by atoms with Gasteiger partial charge in [-0.2, -0.15) is 0 Å². The van der Waals surface area contributed by atoms with Crippen LogP contribution in [0, 0.1) is 0 Å². The molecule has 0 aliphatic carbocycles. The van der Waals surface area contributed by atoms with Crippen LogP contribution in [0.25, 0.3) is 0 Å². The Morgan fingerprint density at radius 2 is 1.72 bits per heavy atom. The maximum atomic E-state index is 12.4. The molecule has 2 aromatic carbocycles. The minimum Gasteiger partial charge on any atom is -0.254 e. The van der Waals surface area contributed by atoms with E-state index in [0.717, 1.165) is 11.3 Å². The standard InChI is InChI=1S/C16H16OS/c1-2-13-14-8-4-3-7-12(14)11-18(17)16-10-6-5-9-15(13)16/h3-10,13H,2,11H2,1H3. The van der Waals surface area contributed by atoms with E-state index >= 15 is 0 Å². The smallest absolute Gasteiger partial charge is 0.0577 e. The van der Waals surface area contributed by atoms with Gasteiger partial charge in [-0.1, -0.05) is 49.4 Å². The molecule has 0 aromatic heterocycles. The van der Waals surface area contributed by atoms with Crippen LogP contribution in [0.15, 0.2) is 53.4 Å². The summed E-state index contributed by atoms with van der Waals surface area (Å²) in [6.45, 7) is 2.20. The first-order valence-corrected chi connectivity index (χ1v) is 7.68. The Bertz CT molecular complexity index is 604. The molecule has 0 spiro atoms. The van der Waals surface area contributed by atoms with Crippen LogP contribution in [0.2, 0.25) is 0 Å². The number of hydrogen-bond donors (Lipinski definition) is 0. The summed E-state index contributed by atoms with van der Waals surface area (Å²) in [6.07, 6.45) is 1.05. The molecule has 1 aliphatic heterocycles. The van der Waals surface area contributed by atoms with Crippen molar-refractivity contribution in [3.8, 4) is 0 Å². The number of benzene rings is 2. The van der Waals surface area contributed by atoms with Crippen LogP contribution >= 0.6 is 0 Å². The van der Waals surface area contributed by atoms with Gasteiger partial charge in [0.15, 0.2) is 0 Å². The second-order valence-electron chi connectivity index (χ2n) is 4.69. The summed E-state index contributed by atoms with van der Waals surface area (Å²) >= 11 is 0. The van der Waals surface area contributed by atoms with Gasteiger partial charge in [-0.25, -0.2) is 0 Å². The molecule has 1 nitrogen and oxygen atoms in total. The number of rotatable bonds is 1. The minimum atomic E-state index is -0.916. The molecule has 92 valence electrons. The lowest BCUT2D eigenvalue weighted by Gasteiger charge is -2.17. The fraction of sp³-hybridized carbons (Fsp3) is 0.250. The zero-order valence-electron chi connectivity index (χ0n) is 10.4. The molecule has 0 bridgehead atoms. The predicted octanol–water partition coefficient (Wildman–Crippen LogP) is 3.85. The SMILES string of the molecule is CCC1c2ccccc2CS(=O)c2ccccc21. The van der Waals surface area contributed by atoms with Crippen LogP contribution in [0.3, 0.4) is 0 Å². The van der Waals surface area contributed by atoms with Gasteiger partial charge in [-0.05, 0) is 29.2 Å². The molecule has 2 heteroatoms. The van der Waals surface area contributed by atoms with E-state index in [9.17, 15) is 4.21 Å². The van der Waals surface area contributed by atoms with Crippen LogP contribution in [0.4, 0.5) is 0 Å². The Balaban J connectivity index is 2.26. The third-order valence-electron chi connectivity index (χ3n) is 3.67. The monoisotopic (exact) mass is 256 g/mol. The van der Waals surface area contributed by atoms with Crippen molar-refractivity contribution >= 4 is 10.8 Å². The zero-order chi connectivity index (χ0) is 12.5. The van der Waals surface area contributed by atoms with Crippen molar-refractivity contribution in [1.29, 1.82) is 0 Å². The lowest BCUT2D eigenvalue weighted by atomic mass is 9.87. The van der Waals surface area contributed by atoms with Gasteiger partial charge in [0, 0.05) is 10.8 Å². The zero-order valence-corrected chi connectivity index (χ0v) is 11.2. The Hall–Kier alpha value is -1.41. The van der Waals surface area contributed by atoms with E-state index in [0.29, 0.717) is 11.7 Å². The molecule has 2 aromatic rings. The van der Waals surface area contributed by atoms with Crippen molar-refractivity contribution in [2.45, 2.75) is 29.9 Å². The fourth-order valence-electron chi connectivity index (χ4n) is 2.81. The quantitative estimate of drug-likeness (QED) is 0.757. The van der Waals surface area contributed by atoms with E-state index in [1.54, 1.807) is 0 Å². The topological polar surface area (TPSA) is 17.1 Å². The summed E-state index contributed by atoms with van der Waals surface area (Å²) in [4.78, 5) is 1.01. The van der Waals surface area contributed by atoms with Crippen molar-refractivity contribution in [2.24, 2.45) is 0 Å². The molecule has 2 atom stereocenters. The molecule has 0 amide bonds. The van der Waals surface area contributed by atoms with Gasteiger partial charge in [-0.15, -0.1) is 0 Å². The van der Waals surface area contributed by atoms with Crippen molar-refractivity contribution < 1.29 is 4.21 Å². The second-order valence-corrected chi connectivity index (χ2v) is 6.11. The molecule has 0 saturated heterocycles. The highest BCUT2D eigenvalue weighted by molar-refractivity contribution is 7.84. The van der Waals surface area contributed by atoms with E-state index in [2.05, 4.69) is 31.2 Å². The van der Waals surface area contributed by atoms with Crippen molar-refractivity contribution in [1.82, 2.24) is 0 Å². The van der Waals surface area contributed by atoms with E-state index in [-0.39, 0.29) is 0 Å². The lowest BCUT2D eigenvalue weighted by molar-refractivity contribution is 0.681. The molecular weight excluding hydrogens is 240 g/mol. The van der Waals surface area contributed by atoms with Gasteiger partial charge in [-0.3, -0.25) is 4.21 Å². The van der Waals surface area contributed by atoms with Crippen LogP contribution < -0.4 is 0 Å². The van der Waals surface area contributed by atoms with E-state index in [1.807, 2.05) is 24.3 Å². The Kier molecular flexibility index (Phi) is 3.04. The number of fused-ring (bicyclic) bond motifs is 2. The average molecular weight is 256 g/mol. The van der Waals surface area contributed by atoms with Gasteiger partial charge in [0.1, 0.15) is 0 Å². The van der Waals surface area contributed by atoms with Crippen LogP contribution in [0.1, 0.15) is 36.0 Å². The first-order chi connectivity index (χ1) is 8.81. The summed E-state index contributed by atoms with van der Waals surface area (Å²) in [6, 6.07) is 16.6. The molecule has 3 rings (SSSR count). The molecular formula is C16H16OS. The fourth-order valence-corrected chi connectivity index (χ4v) is 4.21. The first kappa shape index (κ1) is 11.7. The molecule has 2 unspecified atom stereocenters. The summed E-state index contributed by atoms with van der Waals surface area (Å²) in [5, 5.41) is 0. The van der Waals surface area contributed by atoms with E-state index < -0.39 is 10.8 Å². The second kappa shape index (κ2) is 4.69. The molecule has 0 N–H and O–H groups in total. The first-order valence-electron chi connectivity index (χ1n) is 6.36. The molecule has 1 heterocycles. The maximum Gasteiger partial charge on any atom is 0.0577 e. The summed E-state index contributed by atoms with van der Waals surface area (Å²) in [5.41, 5.74) is 3.82. The highest BCUT2D eigenvalue weighted by atomic mass is 32.2. The molecule has 0 radical (unpaired) electrons. The van der Waals surface area contributed by atoms with Crippen LogP contribution in [0.5, 0.6) is 0 Å². The average Bonchev–Trinajstić information content (AvgIpc) is 2.53. The minimum absolute atomic E-state index is 0.379. The van der Waals surface area contributed by atoms with Gasteiger partial charge < -0.3 is 0 Å². The third-order valence-corrected chi connectivity index (χ3v) is 5.10. The van der Waals surface area contributed by atoms with Gasteiger partial charge in [0.25, 0.3) is 0 Å². The molecule has 18 heavy (non-hydrogen) atoms. The Labute approximate surface area is 110 Å². The van der Waals surface area contributed by atoms with Crippen molar-refractivity contribution in [3.63, 3.8) is 0 Å². The van der Waals surface area contributed by atoms with Crippen LogP contribution in [-0.2, 0) is 16.6 Å². The van der Waals surface area contributed by atoms with E-state index in [4.69, 9.17) is 0 Å². The maximum absolute atomic E-state index is 12.4. The van der Waals surface area contributed by atoms with Gasteiger partial charge in [0.05, 0.1) is 16.6 Å². The Morgan fingerprint density at radius 1 is 1.06 bits per heavy atom. The third kappa shape index (κ3) is 1.81. The highest BCUT2D eigenvalue weighted by Gasteiger charge is 2.25. The normalized spacial score (nSPS) is 21.8. The summed E-state index contributed by atoms with van der Waals surface area (Å²) in [7, 11) is -0.916. The van der Waals surface area contributed by atoms with Crippen molar-refractivity contribution in [3.05, 3.63) is 65.2 Å². The van der Waals surface area contributed by atoms with Crippen LogP contribution in [-0.4, -0.2) is 4.21 Å². The van der Waals surface area contributed by atoms with Crippen molar-refractivity contribution in [2.75, 3.05) is 0 Å². The summed E-state index contributed by atoms with van der Waals surface area (Å²) < 4.78 is 12.4. The van der Waals surface area contributed by atoms with Gasteiger partial charge >= 0.3 is 0 Å². The number of hydrogen-bond acceptors (Lipinski definition) is 1. The highest BCUT2D eigenvalue weighted by Crippen LogP contribution is 2.37. The largest absolute Gasteiger partial charge is 0.254 e. The van der Waals surface area contributed by atoms with E-state index in [1.165, 1.54) is 16.7 Å². The van der Waals surface area contributed by atoms with Gasteiger partial charge in [0.2, 0.25) is 0 Å². The molecule has 0 fully saturated rings. The molecule has 1 aliphatic rings. The Morgan fingerprint density at radius 3 is 2.50 bits per heavy atom. The molecule has 0 saturated carbocycles. The lowest BCUT2D eigenvalue weighted by Crippen LogP contribution is -2.01. The summed E-state index contributed by atoms with van der Waals surface area (Å²) in [5.74, 6) is 1.02. The predicted molar refractivity (Wildman–Crippen MR) is 75.1 cm³/mol.